The van der Waals surface area contributed by atoms with Gasteiger partial charge in [0.25, 0.3) is 0 Å². The number of hydrogen-bond acceptors (Lipinski definition) is 7. The third kappa shape index (κ3) is 7.98. The SMILES string of the molecule is CSCCC(N)C(=O)NCC(=O)NC(CS)C(=O)NC(Cc1c[nH]c2ccccc12)C(=O)O. The van der Waals surface area contributed by atoms with Crippen molar-refractivity contribution in [1.29, 1.82) is 0 Å². The minimum Gasteiger partial charge on any atom is -0.480 e. The van der Waals surface area contributed by atoms with Crippen LogP contribution in [0.4, 0.5) is 0 Å². The molecule has 7 N–H and O–H groups in total. The molecule has 1 aromatic carbocycles. The Kier molecular flexibility index (Phi) is 10.6. The lowest BCUT2D eigenvalue weighted by atomic mass is 10.0. The Hall–Kier alpha value is -2.70. The summed E-state index contributed by atoms with van der Waals surface area (Å²) < 4.78 is 0. The zero-order chi connectivity index (χ0) is 24.4. The maximum Gasteiger partial charge on any atom is 0.326 e. The van der Waals surface area contributed by atoms with Crippen LogP contribution in [-0.2, 0) is 25.6 Å². The molecule has 0 bridgehead atoms. The number of thiol groups is 1. The van der Waals surface area contributed by atoms with E-state index in [0.29, 0.717) is 12.2 Å². The number of aromatic nitrogens is 1. The van der Waals surface area contributed by atoms with Gasteiger partial charge in [-0.15, -0.1) is 0 Å². The molecule has 0 aliphatic heterocycles. The Morgan fingerprint density at radius 3 is 2.55 bits per heavy atom. The lowest BCUT2D eigenvalue weighted by Gasteiger charge is -2.20. The van der Waals surface area contributed by atoms with Gasteiger partial charge in [-0.3, -0.25) is 14.4 Å². The number of nitrogens with one attached hydrogen (secondary N) is 4. The summed E-state index contributed by atoms with van der Waals surface area (Å²) in [6.45, 7) is -0.360. The highest BCUT2D eigenvalue weighted by molar-refractivity contribution is 7.98. The van der Waals surface area contributed by atoms with Gasteiger partial charge < -0.3 is 31.8 Å². The van der Waals surface area contributed by atoms with Crippen LogP contribution in [0.3, 0.4) is 0 Å². The van der Waals surface area contributed by atoms with Crippen LogP contribution in [0.1, 0.15) is 12.0 Å². The number of carbonyl (C=O) groups is 4. The zero-order valence-corrected chi connectivity index (χ0v) is 19.9. The molecule has 1 aromatic heterocycles. The van der Waals surface area contributed by atoms with Crippen LogP contribution in [-0.4, -0.2) is 76.2 Å². The third-order valence-corrected chi connectivity index (χ3v) is 5.95. The van der Waals surface area contributed by atoms with Crippen LogP contribution in [0.15, 0.2) is 30.5 Å². The highest BCUT2D eigenvalue weighted by Gasteiger charge is 2.27. The minimum atomic E-state index is -1.20. The number of H-pyrrole nitrogens is 1. The van der Waals surface area contributed by atoms with Gasteiger partial charge in [0.2, 0.25) is 17.7 Å². The predicted molar refractivity (Wildman–Crippen MR) is 131 cm³/mol. The van der Waals surface area contributed by atoms with Gasteiger partial charge in [0, 0.05) is 29.3 Å². The number of rotatable bonds is 13. The first-order valence-electron chi connectivity index (χ1n) is 10.3. The van der Waals surface area contributed by atoms with Crippen molar-refractivity contribution in [3.8, 4) is 0 Å². The summed E-state index contributed by atoms with van der Waals surface area (Å²) in [5.74, 6) is -2.31. The van der Waals surface area contributed by atoms with Crippen LogP contribution < -0.4 is 21.7 Å². The minimum absolute atomic E-state index is 0.0574. The molecule has 2 rings (SSSR count). The van der Waals surface area contributed by atoms with Gasteiger partial charge in [0.05, 0.1) is 12.6 Å². The number of carbonyl (C=O) groups excluding carboxylic acids is 3. The van der Waals surface area contributed by atoms with Crippen molar-refractivity contribution in [2.75, 3.05) is 24.3 Å². The van der Waals surface area contributed by atoms with Crippen molar-refractivity contribution in [2.24, 2.45) is 5.73 Å². The highest BCUT2D eigenvalue weighted by atomic mass is 32.2. The summed E-state index contributed by atoms with van der Waals surface area (Å²) in [7, 11) is 0. The van der Waals surface area contributed by atoms with E-state index in [1.807, 2.05) is 30.5 Å². The number of amides is 3. The van der Waals surface area contributed by atoms with Gasteiger partial charge in [-0.2, -0.15) is 24.4 Å². The van der Waals surface area contributed by atoms with Gasteiger partial charge in [-0.25, -0.2) is 4.79 Å². The number of thioether (sulfide) groups is 1. The van der Waals surface area contributed by atoms with Crippen molar-refractivity contribution in [1.82, 2.24) is 20.9 Å². The molecule has 180 valence electrons. The average Bonchev–Trinajstić information content (AvgIpc) is 3.21. The number of carboxylic acid groups (broad SMARTS) is 1. The Bertz CT molecular complexity index is 983. The van der Waals surface area contributed by atoms with Crippen molar-refractivity contribution >= 4 is 59.0 Å². The Morgan fingerprint density at radius 1 is 1.15 bits per heavy atom. The molecule has 3 atom stereocenters. The maximum atomic E-state index is 12.6. The van der Waals surface area contributed by atoms with E-state index < -0.39 is 41.8 Å². The number of aliphatic carboxylic acids is 1. The van der Waals surface area contributed by atoms with E-state index in [9.17, 15) is 24.3 Å². The first-order chi connectivity index (χ1) is 15.8. The second-order valence-corrected chi connectivity index (χ2v) is 8.72. The Labute approximate surface area is 201 Å². The topological polar surface area (TPSA) is 166 Å². The quantitative estimate of drug-likeness (QED) is 0.190. The van der Waals surface area contributed by atoms with E-state index in [0.717, 1.165) is 16.5 Å². The van der Waals surface area contributed by atoms with E-state index in [-0.39, 0.29) is 18.7 Å². The Balaban J connectivity index is 1.92. The molecule has 0 spiro atoms. The van der Waals surface area contributed by atoms with E-state index in [4.69, 9.17) is 5.73 Å². The fraction of sp³-hybridized carbons (Fsp3) is 0.429. The lowest BCUT2D eigenvalue weighted by Crippen LogP contribution is -2.54. The summed E-state index contributed by atoms with van der Waals surface area (Å²) in [5.41, 5.74) is 7.35. The second kappa shape index (κ2) is 13.1. The van der Waals surface area contributed by atoms with Crippen LogP contribution in [0.5, 0.6) is 0 Å². The lowest BCUT2D eigenvalue weighted by molar-refractivity contribution is -0.142. The maximum absolute atomic E-state index is 12.6. The number of aromatic amines is 1. The average molecular weight is 496 g/mol. The molecular weight excluding hydrogens is 466 g/mol. The Morgan fingerprint density at radius 2 is 1.88 bits per heavy atom. The fourth-order valence-corrected chi connectivity index (χ4v) is 3.85. The molecule has 3 amide bonds. The molecule has 12 heteroatoms. The highest BCUT2D eigenvalue weighted by Crippen LogP contribution is 2.19. The molecule has 3 unspecified atom stereocenters. The van der Waals surface area contributed by atoms with Crippen LogP contribution >= 0.6 is 24.4 Å². The number of nitrogens with two attached hydrogens (primary N) is 1. The summed E-state index contributed by atoms with van der Waals surface area (Å²) in [5, 5.41) is 17.8. The summed E-state index contributed by atoms with van der Waals surface area (Å²) in [4.78, 5) is 51.5. The smallest absolute Gasteiger partial charge is 0.326 e. The molecule has 0 saturated heterocycles. The monoisotopic (exact) mass is 495 g/mol. The fourth-order valence-electron chi connectivity index (χ4n) is 3.11. The summed E-state index contributed by atoms with van der Waals surface area (Å²) in [6, 6.07) is 4.43. The molecule has 0 fully saturated rings. The normalized spacial score (nSPS) is 13.7. The van der Waals surface area contributed by atoms with E-state index in [1.54, 1.807) is 18.0 Å². The third-order valence-electron chi connectivity index (χ3n) is 4.94. The largest absolute Gasteiger partial charge is 0.480 e. The molecule has 33 heavy (non-hydrogen) atoms. The van der Waals surface area contributed by atoms with Gasteiger partial charge in [0.15, 0.2) is 0 Å². The van der Waals surface area contributed by atoms with Crippen molar-refractivity contribution < 1.29 is 24.3 Å². The van der Waals surface area contributed by atoms with Crippen molar-refractivity contribution in [3.05, 3.63) is 36.0 Å². The number of para-hydroxylation sites is 1. The molecule has 0 saturated carbocycles. The number of carboxylic acids is 1. The first-order valence-corrected chi connectivity index (χ1v) is 12.3. The molecule has 0 aliphatic rings. The first kappa shape index (κ1) is 26.6. The van der Waals surface area contributed by atoms with Crippen LogP contribution in [0.2, 0.25) is 0 Å². The van der Waals surface area contributed by atoms with Crippen molar-refractivity contribution in [3.63, 3.8) is 0 Å². The molecule has 1 heterocycles. The predicted octanol–water partition coefficient (Wildman–Crippen LogP) is -0.109. The summed E-state index contributed by atoms with van der Waals surface area (Å²) >= 11 is 5.64. The number of fused-ring (bicyclic) bond motifs is 1. The molecule has 10 nitrogen and oxygen atoms in total. The molecule has 2 aromatic rings. The zero-order valence-electron chi connectivity index (χ0n) is 18.2. The van der Waals surface area contributed by atoms with Gasteiger partial charge >= 0.3 is 5.97 Å². The number of hydrogen-bond donors (Lipinski definition) is 7. The van der Waals surface area contributed by atoms with Gasteiger partial charge in [-0.05, 0) is 30.1 Å². The van der Waals surface area contributed by atoms with E-state index in [2.05, 4.69) is 33.6 Å². The van der Waals surface area contributed by atoms with Gasteiger partial charge in [0.1, 0.15) is 12.1 Å². The van der Waals surface area contributed by atoms with Crippen LogP contribution in [0, 0.1) is 0 Å². The standard InChI is InChI=1S/C21H29N5O5S2/c1-33-7-6-14(22)19(28)24-10-18(27)25-17(11-32)20(29)26-16(21(30)31)8-12-9-23-15-5-3-2-4-13(12)15/h2-5,9,14,16-17,23,32H,6-8,10-11,22H2,1H3,(H,24,28)(H,25,27)(H,26,29)(H,30,31). The molecular formula is C21H29N5O5S2. The number of benzene rings is 1. The van der Waals surface area contributed by atoms with Gasteiger partial charge in [-0.1, -0.05) is 18.2 Å². The molecule has 0 aliphatic carbocycles. The van der Waals surface area contributed by atoms with E-state index in [1.165, 1.54) is 0 Å². The van der Waals surface area contributed by atoms with Crippen LogP contribution in [0.25, 0.3) is 10.9 Å². The molecule has 0 radical (unpaired) electrons. The van der Waals surface area contributed by atoms with E-state index >= 15 is 0 Å². The second-order valence-electron chi connectivity index (χ2n) is 7.37. The summed E-state index contributed by atoms with van der Waals surface area (Å²) in [6.07, 6.45) is 4.14. The van der Waals surface area contributed by atoms with Crippen molar-refractivity contribution in [2.45, 2.75) is 31.0 Å².